The lowest BCUT2D eigenvalue weighted by Gasteiger charge is -2.38. The molecular formula is C26H38N2O3. The van der Waals surface area contributed by atoms with Gasteiger partial charge in [-0.25, -0.2) is 4.98 Å². The molecule has 1 aliphatic carbocycles. The van der Waals surface area contributed by atoms with E-state index in [1.807, 2.05) is 12.1 Å². The second-order valence-electron chi connectivity index (χ2n) is 9.72. The smallest absolute Gasteiger partial charge is 0.220 e. The fraction of sp³-hybridized carbons (Fsp3) is 0.654. The number of aromatic nitrogens is 1. The number of unbranched alkanes of at least 4 members (excludes halogenated alkanes) is 2. The molecule has 1 aromatic carbocycles. The van der Waals surface area contributed by atoms with Crippen molar-refractivity contribution in [2.45, 2.75) is 64.4 Å². The molecule has 0 radical (unpaired) electrons. The molecule has 2 heterocycles. The summed E-state index contributed by atoms with van der Waals surface area (Å²) >= 11 is 0. The van der Waals surface area contributed by atoms with Crippen LogP contribution < -0.4 is 9.47 Å². The Kier molecular flexibility index (Phi) is 7.34. The zero-order chi connectivity index (χ0) is 21.7. The fourth-order valence-corrected chi connectivity index (χ4v) is 4.65. The van der Waals surface area contributed by atoms with Gasteiger partial charge in [-0.05, 0) is 44.7 Å². The first-order valence-electron chi connectivity index (χ1n) is 12.0. The summed E-state index contributed by atoms with van der Waals surface area (Å²) in [5.74, 6) is 2.68. The van der Waals surface area contributed by atoms with Crippen molar-refractivity contribution in [3.05, 3.63) is 29.8 Å². The molecule has 2 aliphatic rings. The van der Waals surface area contributed by atoms with Crippen molar-refractivity contribution < 1.29 is 14.2 Å². The van der Waals surface area contributed by atoms with Crippen LogP contribution in [-0.2, 0) is 11.2 Å². The van der Waals surface area contributed by atoms with Crippen LogP contribution in [-0.4, -0.2) is 55.4 Å². The van der Waals surface area contributed by atoms with E-state index in [0.29, 0.717) is 12.5 Å². The zero-order valence-electron chi connectivity index (χ0n) is 19.5. The lowest BCUT2D eigenvalue weighted by Crippen LogP contribution is -2.49. The molecule has 4 rings (SSSR count). The summed E-state index contributed by atoms with van der Waals surface area (Å²) in [7, 11) is 1.72. The highest BCUT2D eigenvalue weighted by Crippen LogP contribution is 2.37. The van der Waals surface area contributed by atoms with Gasteiger partial charge < -0.3 is 14.2 Å². The van der Waals surface area contributed by atoms with Crippen LogP contribution in [0.5, 0.6) is 11.6 Å². The molecule has 5 nitrogen and oxygen atoms in total. The second-order valence-corrected chi connectivity index (χ2v) is 9.72. The molecule has 5 heteroatoms. The van der Waals surface area contributed by atoms with Crippen molar-refractivity contribution in [1.82, 2.24) is 9.88 Å². The van der Waals surface area contributed by atoms with E-state index >= 15 is 0 Å². The maximum atomic E-state index is 6.47. The quantitative estimate of drug-likeness (QED) is 0.459. The predicted octanol–water partition coefficient (Wildman–Crippen LogP) is 5.25. The average molecular weight is 427 g/mol. The summed E-state index contributed by atoms with van der Waals surface area (Å²) in [6, 6.07) is 8.24. The van der Waals surface area contributed by atoms with Crippen LogP contribution in [0.3, 0.4) is 0 Å². The number of rotatable bonds is 11. The van der Waals surface area contributed by atoms with Gasteiger partial charge in [0.1, 0.15) is 12.4 Å². The molecule has 170 valence electrons. The van der Waals surface area contributed by atoms with Crippen molar-refractivity contribution >= 4 is 10.9 Å². The molecule has 1 aliphatic heterocycles. The van der Waals surface area contributed by atoms with Gasteiger partial charge in [-0.1, -0.05) is 44.2 Å². The van der Waals surface area contributed by atoms with Gasteiger partial charge in [0.25, 0.3) is 0 Å². The van der Waals surface area contributed by atoms with Gasteiger partial charge in [-0.3, -0.25) is 4.90 Å². The van der Waals surface area contributed by atoms with Crippen LogP contribution in [0.15, 0.2) is 24.3 Å². The van der Waals surface area contributed by atoms with E-state index in [1.54, 1.807) is 7.11 Å². The standard InChI is InChI=1S/C26H38N2O3/c1-26(2)19-28(16-18-31-26)15-17-30-24-21-10-7-8-12-23(21)27-25(29-3)22(24)11-6-4-5-9-20-13-14-20/h7-8,10,12,20H,4-6,9,11,13-19H2,1-3H3. The Balaban J connectivity index is 1.45. The minimum atomic E-state index is -0.0868. The van der Waals surface area contributed by atoms with Crippen molar-refractivity contribution in [2.75, 3.05) is 40.0 Å². The second kappa shape index (κ2) is 10.2. The fourth-order valence-electron chi connectivity index (χ4n) is 4.65. The van der Waals surface area contributed by atoms with Crippen molar-refractivity contribution in [1.29, 1.82) is 0 Å². The van der Waals surface area contributed by atoms with Crippen LogP contribution in [0.1, 0.15) is 57.9 Å². The normalized spacial score (nSPS) is 18.9. The maximum Gasteiger partial charge on any atom is 0.220 e. The van der Waals surface area contributed by atoms with Crippen molar-refractivity contribution in [3.63, 3.8) is 0 Å². The Morgan fingerprint density at radius 2 is 2.00 bits per heavy atom. The Morgan fingerprint density at radius 3 is 2.77 bits per heavy atom. The molecule has 0 spiro atoms. The lowest BCUT2D eigenvalue weighted by molar-refractivity contribution is -0.0875. The average Bonchev–Trinajstić information content (AvgIpc) is 3.57. The Morgan fingerprint density at radius 1 is 1.16 bits per heavy atom. The number of pyridine rings is 1. The lowest BCUT2D eigenvalue weighted by atomic mass is 10.0. The number of hydrogen-bond acceptors (Lipinski definition) is 5. The molecular weight excluding hydrogens is 388 g/mol. The summed E-state index contributed by atoms with van der Waals surface area (Å²) in [4.78, 5) is 7.21. The SMILES string of the molecule is COc1nc2ccccc2c(OCCN2CCOC(C)(C)C2)c1CCCCCC1CC1. The number of fused-ring (bicyclic) bond motifs is 1. The van der Waals surface area contributed by atoms with Gasteiger partial charge in [0.05, 0.1) is 30.4 Å². The monoisotopic (exact) mass is 426 g/mol. The van der Waals surface area contributed by atoms with E-state index in [1.165, 1.54) is 32.1 Å². The minimum Gasteiger partial charge on any atom is -0.491 e. The Labute approximate surface area is 187 Å². The van der Waals surface area contributed by atoms with Crippen LogP contribution >= 0.6 is 0 Å². The summed E-state index contributed by atoms with van der Waals surface area (Å²) in [5, 5.41) is 1.08. The van der Waals surface area contributed by atoms with Gasteiger partial charge in [0, 0.05) is 25.0 Å². The molecule has 0 bridgehead atoms. The third-order valence-electron chi connectivity index (χ3n) is 6.49. The van der Waals surface area contributed by atoms with Crippen molar-refractivity contribution in [3.8, 4) is 11.6 Å². The molecule has 2 fully saturated rings. The van der Waals surface area contributed by atoms with E-state index in [4.69, 9.17) is 19.2 Å². The first-order valence-corrected chi connectivity index (χ1v) is 12.0. The summed E-state index contributed by atoms with van der Waals surface area (Å²) in [5.41, 5.74) is 1.96. The molecule has 31 heavy (non-hydrogen) atoms. The first kappa shape index (κ1) is 22.3. The Bertz CT molecular complexity index is 863. The molecule has 1 aromatic heterocycles. The van der Waals surface area contributed by atoms with E-state index < -0.39 is 0 Å². The van der Waals surface area contributed by atoms with Gasteiger partial charge in [-0.15, -0.1) is 0 Å². The van der Waals surface area contributed by atoms with Crippen LogP contribution in [0.25, 0.3) is 10.9 Å². The Hall–Kier alpha value is -1.85. The van der Waals surface area contributed by atoms with Gasteiger partial charge in [0.15, 0.2) is 0 Å². The third kappa shape index (κ3) is 6.11. The van der Waals surface area contributed by atoms with E-state index in [2.05, 4.69) is 30.9 Å². The number of morpholine rings is 1. The number of para-hydroxylation sites is 1. The van der Waals surface area contributed by atoms with Gasteiger partial charge in [-0.2, -0.15) is 0 Å². The van der Waals surface area contributed by atoms with Crippen LogP contribution in [0.4, 0.5) is 0 Å². The highest BCUT2D eigenvalue weighted by Gasteiger charge is 2.27. The maximum absolute atomic E-state index is 6.47. The van der Waals surface area contributed by atoms with Crippen LogP contribution in [0.2, 0.25) is 0 Å². The zero-order valence-corrected chi connectivity index (χ0v) is 19.5. The third-order valence-corrected chi connectivity index (χ3v) is 6.49. The molecule has 2 aromatic rings. The predicted molar refractivity (Wildman–Crippen MR) is 125 cm³/mol. The molecule has 1 saturated heterocycles. The molecule has 0 atom stereocenters. The molecule has 1 saturated carbocycles. The van der Waals surface area contributed by atoms with Crippen LogP contribution in [0, 0.1) is 5.92 Å². The molecule has 0 unspecified atom stereocenters. The molecule has 0 N–H and O–H groups in total. The number of nitrogens with zero attached hydrogens (tertiary/aromatic N) is 2. The minimum absolute atomic E-state index is 0.0868. The number of ether oxygens (including phenoxy) is 3. The first-order chi connectivity index (χ1) is 15.1. The van der Waals surface area contributed by atoms with E-state index in [0.717, 1.165) is 67.2 Å². The number of benzene rings is 1. The van der Waals surface area contributed by atoms with Gasteiger partial charge in [0.2, 0.25) is 5.88 Å². The van der Waals surface area contributed by atoms with E-state index in [9.17, 15) is 0 Å². The van der Waals surface area contributed by atoms with Gasteiger partial charge >= 0.3 is 0 Å². The van der Waals surface area contributed by atoms with E-state index in [-0.39, 0.29) is 5.60 Å². The topological polar surface area (TPSA) is 43.8 Å². The van der Waals surface area contributed by atoms with Crippen molar-refractivity contribution in [2.24, 2.45) is 5.92 Å². The largest absolute Gasteiger partial charge is 0.491 e. The highest BCUT2D eigenvalue weighted by molar-refractivity contribution is 5.87. The molecule has 0 amide bonds. The summed E-state index contributed by atoms with van der Waals surface area (Å²) in [6.07, 6.45) is 8.97. The summed E-state index contributed by atoms with van der Waals surface area (Å²) < 4.78 is 18.0. The highest BCUT2D eigenvalue weighted by atomic mass is 16.5. The number of methoxy groups -OCH3 is 1. The summed E-state index contributed by atoms with van der Waals surface area (Å²) in [6.45, 7) is 8.54. The number of hydrogen-bond donors (Lipinski definition) is 0.